The molecule has 110 valence electrons. The van der Waals surface area contributed by atoms with Crippen molar-refractivity contribution >= 4 is 22.1 Å². The third-order valence-electron chi connectivity index (χ3n) is 3.10. The number of aromatic nitrogens is 2. The van der Waals surface area contributed by atoms with E-state index in [4.69, 9.17) is 9.72 Å². The maximum atomic E-state index is 5.32. The van der Waals surface area contributed by atoms with Crippen LogP contribution in [-0.4, -0.2) is 22.0 Å². The molecule has 0 unspecified atom stereocenters. The Labute approximate surface area is 128 Å². The molecular weight excluding hydrogens is 282 g/mol. The summed E-state index contributed by atoms with van der Waals surface area (Å²) in [6.45, 7) is 6.44. The van der Waals surface area contributed by atoms with E-state index in [0.29, 0.717) is 0 Å². The molecule has 0 atom stereocenters. The Morgan fingerprint density at radius 1 is 1.29 bits per heavy atom. The molecule has 4 nitrogen and oxygen atoms in total. The van der Waals surface area contributed by atoms with Gasteiger partial charge in [0.2, 0.25) is 0 Å². The number of thiazole rings is 1. The molecule has 0 bridgehead atoms. The van der Waals surface area contributed by atoms with Crippen molar-refractivity contribution in [1.82, 2.24) is 9.38 Å². The zero-order valence-corrected chi connectivity index (χ0v) is 13.5. The van der Waals surface area contributed by atoms with Gasteiger partial charge in [0.15, 0.2) is 4.96 Å². The third kappa shape index (κ3) is 2.74. The Balaban J connectivity index is 2.16. The first-order valence-electron chi connectivity index (χ1n) is 6.86. The van der Waals surface area contributed by atoms with Crippen LogP contribution in [-0.2, 0) is 0 Å². The fraction of sp³-hybridized carbons (Fsp3) is 0.312. The summed E-state index contributed by atoms with van der Waals surface area (Å²) in [5, 5.41) is 5.61. The number of benzene rings is 1. The van der Waals surface area contributed by atoms with Gasteiger partial charge in [0, 0.05) is 22.7 Å². The molecule has 2 heterocycles. The number of imidazole rings is 1. The van der Waals surface area contributed by atoms with E-state index >= 15 is 0 Å². The average molecular weight is 301 g/mol. The van der Waals surface area contributed by atoms with Crippen LogP contribution in [0.2, 0.25) is 0 Å². The van der Waals surface area contributed by atoms with Gasteiger partial charge in [0.25, 0.3) is 0 Å². The number of rotatable bonds is 3. The minimum absolute atomic E-state index is 0.0362. The molecule has 21 heavy (non-hydrogen) atoms. The van der Waals surface area contributed by atoms with E-state index in [0.717, 1.165) is 27.8 Å². The second-order valence-corrected chi connectivity index (χ2v) is 6.84. The normalized spacial score (nSPS) is 11.8. The maximum Gasteiger partial charge on any atom is 0.195 e. The first kappa shape index (κ1) is 13.9. The number of hydrogen-bond donors (Lipinski definition) is 1. The van der Waals surface area contributed by atoms with Gasteiger partial charge in [-0.15, -0.1) is 11.3 Å². The minimum atomic E-state index is -0.0362. The molecule has 0 aliphatic carbocycles. The lowest BCUT2D eigenvalue weighted by atomic mass is 10.1. The third-order valence-corrected chi connectivity index (χ3v) is 3.86. The molecule has 3 rings (SSSR count). The Hall–Kier alpha value is -2.01. The van der Waals surface area contributed by atoms with Crippen LogP contribution >= 0.6 is 11.3 Å². The quantitative estimate of drug-likeness (QED) is 0.784. The van der Waals surface area contributed by atoms with Gasteiger partial charge in [-0.05, 0) is 32.9 Å². The van der Waals surface area contributed by atoms with E-state index in [1.54, 1.807) is 18.4 Å². The molecular formula is C16H19N3OS. The lowest BCUT2D eigenvalue weighted by Crippen LogP contribution is -2.27. The number of nitrogens with zero attached hydrogens (tertiary/aromatic N) is 2. The predicted octanol–water partition coefficient (Wildman–Crippen LogP) is 4.28. The zero-order valence-electron chi connectivity index (χ0n) is 12.7. The van der Waals surface area contributed by atoms with E-state index in [9.17, 15) is 0 Å². The molecule has 0 spiro atoms. The highest BCUT2D eigenvalue weighted by Gasteiger charge is 2.19. The molecule has 5 heteroatoms. The van der Waals surface area contributed by atoms with Gasteiger partial charge < -0.3 is 10.1 Å². The van der Waals surface area contributed by atoms with E-state index in [1.807, 2.05) is 29.8 Å². The summed E-state index contributed by atoms with van der Waals surface area (Å²) in [7, 11) is 1.68. The van der Waals surface area contributed by atoms with Crippen LogP contribution in [0.3, 0.4) is 0 Å². The lowest BCUT2D eigenvalue weighted by Gasteiger charge is -2.22. The SMILES string of the molecule is COc1cccc(-c2nc3sccn3c2NC(C)(C)C)c1. The van der Waals surface area contributed by atoms with Crippen LogP contribution < -0.4 is 10.1 Å². The van der Waals surface area contributed by atoms with Crippen molar-refractivity contribution in [3.05, 3.63) is 35.8 Å². The minimum Gasteiger partial charge on any atom is -0.497 e. The summed E-state index contributed by atoms with van der Waals surface area (Å²) in [4.78, 5) is 5.75. The highest BCUT2D eigenvalue weighted by Crippen LogP contribution is 2.33. The Kier molecular flexibility index (Phi) is 3.37. The standard InChI is InChI=1S/C16H19N3OS/c1-16(2,3)18-14-13(17-15-19(14)8-9-21-15)11-6-5-7-12(10-11)20-4/h5-10,18H,1-4H3. The largest absolute Gasteiger partial charge is 0.497 e. The number of nitrogens with one attached hydrogen (secondary N) is 1. The van der Waals surface area contributed by atoms with Crippen molar-refractivity contribution in [2.75, 3.05) is 12.4 Å². The van der Waals surface area contributed by atoms with Gasteiger partial charge in [-0.2, -0.15) is 0 Å². The topological polar surface area (TPSA) is 38.6 Å². The number of ether oxygens (including phenoxy) is 1. The second kappa shape index (κ2) is 5.07. The summed E-state index contributed by atoms with van der Waals surface area (Å²) in [5.74, 6) is 1.86. The first-order valence-corrected chi connectivity index (χ1v) is 7.74. The van der Waals surface area contributed by atoms with Gasteiger partial charge in [-0.1, -0.05) is 12.1 Å². The molecule has 0 aliphatic heterocycles. The summed E-state index contributed by atoms with van der Waals surface area (Å²) < 4.78 is 7.42. The highest BCUT2D eigenvalue weighted by atomic mass is 32.1. The molecule has 0 radical (unpaired) electrons. The first-order chi connectivity index (χ1) is 9.98. The average Bonchev–Trinajstić information content (AvgIpc) is 3.00. The van der Waals surface area contributed by atoms with E-state index < -0.39 is 0 Å². The molecule has 0 saturated heterocycles. The molecule has 0 aliphatic rings. The summed E-state index contributed by atoms with van der Waals surface area (Å²) in [5.41, 5.74) is 1.97. The van der Waals surface area contributed by atoms with Gasteiger partial charge in [0.05, 0.1) is 7.11 Å². The smallest absolute Gasteiger partial charge is 0.195 e. The van der Waals surface area contributed by atoms with Crippen molar-refractivity contribution in [2.24, 2.45) is 0 Å². The molecule has 0 saturated carbocycles. The van der Waals surface area contributed by atoms with Crippen LogP contribution in [0.4, 0.5) is 5.82 Å². The molecule has 0 fully saturated rings. The number of methoxy groups -OCH3 is 1. The van der Waals surface area contributed by atoms with Crippen molar-refractivity contribution in [3.63, 3.8) is 0 Å². The van der Waals surface area contributed by atoms with Gasteiger partial charge in [0.1, 0.15) is 17.3 Å². The molecule has 3 aromatic rings. The van der Waals surface area contributed by atoms with Crippen LogP contribution in [0.5, 0.6) is 5.75 Å². The number of anilines is 1. The van der Waals surface area contributed by atoms with Crippen molar-refractivity contribution in [1.29, 1.82) is 0 Å². The van der Waals surface area contributed by atoms with Crippen molar-refractivity contribution in [2.45, 2.75) is 26.3 Å². The fourth-order valence-electron chi connectivity index (χ4n) is 2.23. The van der Waals surface area contributed by atoms with E-state index in [-0.39, 0.29) is 5.54 Å². The Morgan fingerprint density at radius 2 is 2.10 bits per heavy atom. The molecule has 2 aromatic heterocycles. The van der Waals surface area contributed by atoms with Crippen LogP contribution in [0.15, 0.2) is 35.8 Å². The molecule has 1 N–H and O–H groups in total. The molecule has 1 aromatic carbocycles. The fourth-order valence-corrected chi connectivity index (χ4v) is 2.95. The summed E-state index contributed by atoms with van der Waals surface area (Å²) >= 11 is 1.63. The van der Waals surface area contributed by atoms with E-state index in [2.05, 4.69) is 36.6 Å². The Bertz CT molecular complexity index is 767. The zero-order chi connectivity index (χ0) is 15.0. The van der Waals surface area contributed by atoms with Crippen LogP contribution in [0.25, 0.3) is 16.2 Å². The predicted molar refractivity (Wildman–Crippen MR) is 88.4 cm³/mol. The highest BCUT2D eigenvalue weighted by molar-refractivity contribution is 7.15. The second-order valence-electron chi connectivity index (χ2n) is 5.97. The van der Waals surface area contributed by atoms with E-state index in [1.165, 1.54) is 0 Å². The number of fused-ring (bicyclic) bond motifs is 1. The van der Waals surface area contributed by atoms with Gasteiger partial charge in [-0.3, -0.25) is 4.40 Å². The summed E-state index contributed by atoms with van der Waals surface area (Å²) in [6.07, 6.45) is 2.05. The molecule has 0 amide bonds. The van der Waals surface area contributed by atoms with Crippen LogP contribution in [0, 0.1) is 0 Å². The van der Waals surface area contributed by atoms with Crippen molar-refractivity contribution in [3.8, 4) is 17.0 Å². The maximum absolute atomic E-state index is 5.32. The monoisotopic (exact) mass is 301 g/mol. The van der Waals surface area contributed by atoms with Gasteiger partial charge >= 0.3 is 0 Å². The lowest BCUT2D eigenvalue weighted by molar-refractivity contribution is 0.415. The van der Waals surface area contributed by atoms with Gasteiger partial charge in [-0.25, -0.2) is 4.98 Å². The summed E-state index contributed by atoms with van der Waals surface area (Å²) in [6, 6.07) is 8.00. The van der Waals surface area contributed by atoms with Crippen LogP contribution in [0.1, 0.15) is 20.8 Å². The Morgan fingerprint density at radius 3 is 2.81 bits per heavy atom. The number of hydrogen-bond acceptors (Lipinski definition) is 4. The van der Waals surface area contributed by atoms with Crippen molar-refractivity contribution < 1.29 is 4.74 Å².